The number of carboxylic acids is 1. The van der Waals surface area contributed by atoms with Gasteiger partial charge in [0.2, 0.25) is 5.95 Å². The largest absolute Gasteiger partial charge is 0.478 e. The normalized spacial score (nSPS) is 12.1. The van der Waals surface area contributed by atoms with Gasteiger partial charge in [0.1, 0.15) is 0 Å². The second-order valence-electron chi connectivity index (χ2n) is 5.22. The number of hydrogen-bond donors (Lipinski definition) is 3. The minimum Gasteiger partial charge on any atom is -0.478 e. The number of aryl methyl sites for hydroxylation is 1. The van der Waals surface area contributed by atoms with Gasteiger partial charge in [-0.2, -0.15) is 0 Å². The molecule has 0 aliphatic rings. The van der Waals surface area contributed by atoms with Gasteiger partial charge in [-0.05, 0) is 31.0 Å². The summed E-state index contributed by atoms with van der Waals surface area (Å²) in [4.78, 5) is 29.9. The van der Waals surface area contributed by atoms with Crippen molar-refractivity contribution in [2.45, 2.75) is 32.6 Å². The van der Waals surface area contributed by atoms with E-state index in [-0.39, 0.29) is 23.0 Å². The maximum atomic E-state index is 12.3. The number of nitrogens with two attached hydrogens (primary N) is 1. The minimum absolute atomic E-state index is 0.0997. The van der Waals surface area contributed by atoms with E-state index in [0.29, 0.717) is 11.3 Å². The van der Waals surface area contributed by atoms with Crippen LogP contribution in [-0.4, -0.2) is 21.0 Å². The Labute approximate surface area is 128 Å². The summed E-state index contributed by atoms with van der Waals surface area (Å²) in [7, 11) is 0. The molecule has 0 radical (unpaired) electrons. The Kier molecular flexibility index (Phi) is 4.60. The molecule has 0 aliphatic carbocycles. The van der Waals surface area contributed by atoms with Crippen LogP contribution >= 0.6 is 0 Å². The molecule has 1 atom stereocenters. The Morgan fingerprint density at radius 3 is 2.50 bits per heavy atom. The maximum absolute atomic E-state index is 12.3. The lowest BCUT2D eigenvalue weighted by Crippen LogP contribution is -2.22. The van der Waals surface area contributed by atoms with Gasteiger partial charge in [-0.25, -0.2) is 9.78 Å². The third-order valence-electron chi connectivity index (χ3n) is 3.65. The molecule has 1 aromatic heterocycles. The summed E-state index contributed by atoms with van der Waals surface area (Å²) in [6.45, 7) is 3.79. The molecule has 0 fully saturated rings. The lowest BCUT2D eigenvalue weighted by molar-refractivity contribution is 0.0697. The second-order valence-corrected chi connectivity index (χ2v) is 5.22. The predicted molar refractivity (Wildman–Crippen MR) is 84.2 cm³/mol. The number of aromatic carboxylic acids is 1. The molecule has 6 nitrogen and oxygen atoms in total. The van der Waals surface area contributed by atoms with Gasteiger partial charge in [-0.15, -0.1) is 0 Å². The summed E-state index contributed by atoms with van der Waals surface area (Å²) in [5.74, 6) is -1.01. The van der Waals surface area contributed by atoms with Crippen molar-refractivity contribution in [1.29, 1.82) is 0 Å². The average Bonchev–Trinajstić information content (AvgIpc) is 2.45. The quantitative estimate of drug-likeness (QED) is 0.785. The monoisotopic (exact) mass is 301 g/mol. The molecule has 0 spiro atoms. The van der Waals surface area contributed by atoms with Gasteiger partial charge in [0.25, 0.3) is 5.56 Å². The molecule has 2 aromatic rings. The zero-order chi connectivity index (χ0) is 16.3. The van der Waals surface area contributed by atoms with Gasteiger partial charge >= 0.3 is 5.97 Å². The standard InChI is InChI=1S/C16H19N3O3/c1-3-4-12(10-5-7-11(8-6-10)15(21)22)13-9(2)18-16(17)19-14(13)20/h5-8,12H,3-4H2,1-2H3,(H,21,22)(H3,17,18,19,20). The highest BCUT2D eigenvalue weighted by molar-refractivity contribution is 5.87. The van der Waals surface area contributed by atoms with Crippen molar-refractivity contribution < 1.29 is 9.90 Å². The summed E-state index contributed by atoms with van der Waals surface area (Å²) in [6, 6.07) is 6.60. The molecule has 0 bridgehead atoms. The van der Waals surface area contributed by atoms with Gasteiger partial charge in [0.05, 0.1) is 11.3 Å². The van der Waals surface area contributed by atoms with Gasteiger partial charge in [0.15, 0.2) is 0 Å². The van der Waals surface area contributed by atoms with Crippen molar-refractivity contribution in [2.24, 2.45) is 0 Å². The topological polar surface area (TPSA) is 109 Å². The zero-order valence-electron chi connectivity index (χ0n) is 12.6. The fraction of sp³-hybridized carbons (Fsp3) is 0.312. The third-order valence-corrected chi connectivity index (χ3v) is 3.65. The van der Waals surface area contributed by atoms with Crippen molar-refractivity contribution in [2.75, 3.05) is 5.73 Å². The molecule has 116 valence electrons. The van der Waals surface area contributed by atoms with Crippen LogP contribution in [-0.2, 0) is 0 Å². The molecule has 0 saturated carbocycles. The van der Waals surface area contributed by atoms with E-state index in [4.69, 9.17) is 10.8 Å². The lowest BCUT2D eigenvalue weighted by atomic mass is 9.87. The van der Waals surface area contributed by atoms with Gasteiger partial charge < -0.3 is 10.8 Å². The van der Waals surface area contributed by atoms with Gasteiger partial charge in [-0.1, -0.05) is 25.5 Å². The number of nitrogen functional groups attached to an aromatic ring is 1. The molecule has 0 aliphatic heterocycles. The van der Waals surface area contributed by atoms with E-state index < -0.39 is 5.97 Å². The summed E-state index contributed by atoms with van der Waals surface area (Å²) in [5, 5.41) is 8.97. The van der Waals surface area contributed by atoms with Crippen LogP contribution in [0.2, 0.25) is 0 Å². The highest BCUT2D eigenvalue weighted by atomic mass is 16.4. The van der Waals surface area contributed by atoms with E-state index in [1.165, 1.54) is 0 Å². The molecular weight excluding hydrogens is 282 g/mol. The molecule has 1 aromatic carbocycles. The van der Waals surface area contributed by atoms with E-state index in [0.717, 1.165) is 18.4 Å². The molecule has 0 saturated heterocycles. The number of nitrogens with zero attached hydrogens (tertiary/aromatic N) is 1. The van der Waals surface area contributed by atoms with Crippen molar-refractivity contribution in [3.05, 3.63) is 57.0 Å². The van der Waals surface area contributed by atoms with E-state index in [1.54, 1.807) is 31.2 Å². The Balaban J connectivity index is 2.51. The lowest BCUT2D eigenvalue weighted by Gasteiger charge is -2.18. The van der Waals surface area contributed by atoms with Crippen LogP contribution in [0.4, 0.5) is 5.95 Å². The SMILES string of the molecule is CCCC(c1ccc(C(=O)O)cc1)c1c(C)nc(N)[nH]c1=O. The Morgan fingerprint density at radius 1 is 1.36 bits per heavy atom. The number of hydrogen-bond acceptors (Lipinski definition) is 4. The van der Waals surface area contributed by atoms with Crippen LogP contribution in [0.15, 0.2) is 29.1 Å². The van der Waals surface area contributed by atoms with Crippen molar-refractivity contribution >= 4 is 11.9 Å². The van der Waals surface area contributed by atoms with Crippen molar-refractivity contribution in [3.8, 4) is 0 Å². The molecule has 4 N–H and O–H groups in total. The predicted octanol–water partition coefficient (Wildman–Crippen LogP) is 2.29. The van der Waals surface area contributed by atoms with E-state index in [9.17, 15) is 9.59 Å². The average molecular weight is 301 g/mol. The molecule has 0 amide bonds. The van der Waals surface area contributed by atoms with E-state index in [2.05, 4.69) is 9.97 Å². The molecule has 6 heteroatoms. The van der Waals surface area contributed by atoms with Crippen LogP contribution in [0.1, 0.15) is 52.9 Å². The first kappa shape index (κ1) is 15.8. The molecule has 1 heterocycles. The molecular formula is C16H19N3O3. The van der Waals surface area contributed by atoms with Crippen LogP contribution in [0.3, 0.4) is 0 Å². The highest BCUT2D eigenvalue weighted by Gasteiger charge is 2.20. The number of aromatic amines is 1. The number of rotatable bonds is 5. The van der Waals surface area contributed by atoms with Crippen LogP contribution in [0.25, 0.3) is 0 Å². The zero-order valence-corrected chi connectivity index (χ0v) is 12.6. The number of benzene rings is 1. The number of nitrogens with one attached hydrogen (secondary N) is 1. The minimum atomic E-state index is -0.971. The van der Waals surface area contributed by atoms with Crippen molar-refractivity contribution in [3.63, 3.8) is 0 Å². The smallest absolute Gasteiger partial charge is 0.335 e. The summed E-state index contributed by atoms with van der Waals surface area (Å²) >= 11 is 0. The molecule has 1 unspecified atom stereocenters. The van der Waals surface area contributed by atoms with Crippen LogP contribution < -0.4 is 11.3 Å². The van der Waals surface area contributed by atoms with Crippen LogP contribution in [0, 0.1) is 6.92 Å². The number of anilines is 1. The summed E-state index contributed by atoms with van der Waals surface area (Å²) in [6.07, 6.45) is 1.65. The highest BCUT2D eigenvalue weighted by Crippen LogP contribution is 2.29. The Bertz CT molecular complexity index is 735. The fourth-order valence-corrected chi connectivity index (χ4v) is 2.65. The number of carboxylic acid groups (broad SMARTS) is 1. The Morgan fingerprint density at radius 2 is 2.00 bits per heavy atom. The second kappa shape index (κ2) is 6.43. The first-order valence-electron chi connectivity index (χ1n) is 7.13. The van der Waals surface area contributed by atoms with E-state index >= 15 is 0 Å². The Hall–Kier alpha value is -2.63. The number of aromatic nitrogens is 2. The van der Waals surface area contributed by atoms with E-state index in [1.807, 2.05) is 6.92 Å². The number of carbonyl (C=O) groups is 1. The van der Waals surface area contributed by atoms with Gasteiger partial charge in [-0.3, -0.25) is 9.78 Å². The molecule has 22 heavy (non-hydrogen) atoms. The molecule has 2 rings (SSSR count). The van der Waals surface area contributed by atoms with Gasteiger partial charge in [0, 0.05) is 11.5 Å². The summed E-state index contributed by atoms with van der Waals surface area (Å²) in [5.41, 5.74) is 7.62. The maximum Gasteiger partial charge on any atom is 0.335 e. The summed E-state index contributed by atoms with van der Waals surface area (Å²) < 4.78 is 0. The van der Waals surface area contributed by atoms with Crippen LogP contribution in [0.5, 0.6) is 0 Å². The first-order valence-corrected chi connectivity index (χ1v) is 7.13. The third kappa shape index (κ3) is 3.16. The number of H-pyrrole nitrogens is 1. The van der Waals surface area contributed by atoms with Crippen molar-refractivity contribution in [1.82, 2.24) is 9.97 Å². The fourth-order valence-electron chi connectivity index (χ4n) is 2.65. The first-order chi connectivity index (χ1) is 10.4.